The monoisotopic (exact) mass is 394 g/mol. The Morgan fingerprint density at radius 1 is 1.30 bits per heavy atom. The van der Waals surface area contributed by atoms with E-state index < -0.39 is 10.8 Å². The normalized spacial score (nSPS) is 11.8. The maximum Gasteiger partial charge on any atom is 0.282 e. The highest BCUT2D eigenvalue weighted by Crippen LogP contribution is 2.27. The Balaban J connectivity index is 2.30. The summed E-state index contributed by atoms with van der Waals surface area (Å²) in [6.45, 7) is 1.84. The molecule has 7 heteroatoms. The van der Waals surface area contributed by atoms with Crippen molar-refractivity contribution in [2.75, 3.05) is 6.26 Å². The van der Waals surface area contributed by atoms with Gasteiger partial charge in [-0.05, 0) is 36.9 Å². The van der Waals surface area contributed by atoms with Crippen LogP contribution in [0.5, 0.6) is 0 Å². The first-order valence-corrected chi connectivity index (χ1v) is 8.83. The van der Waals surface area contributed by atoms with E-state index in [4.69, 9.17) is 0 Å². The van der Waals surface area contributed by atoms with Crippen molar-refractivity contribution in [3.8, 4) is 0 Å². The van der Waals surface area contributed by atoms with Gasteiger partial charge in [0.15, 0.2) is 0 Å². The molecule has 0 spiro atoms. The SMILES string of the molecule is CSc1ccc([N+](=O)[O-])c(C(=O)N[C@H](C)c2ccccc2Br)c1. The van der Waals surface area contributed by atoms with Crippen LogP contribution in [0.1, 0.15) is 28.9 Å². The lowest BCUT2D eigenvalue weighted by molar-refractivity contribution is -0.385. The van der Waals surface area contributed by atoms with E-state index in [1.54, 1.807) is 12.1 Å². The van der Waals surface area contributed by atoms with Gasteiger partial charge in [0.25, 0.3) is 11.6 Å². The number of rotatable bonds is 5. The number of hydrogen-bond donors (Lipinski definition) is 1. The van der Waals surface area contributed by atoms with Crippen molar-refractivity contribution in [2.45, 2.75) is 17.9 Å². The highest BCUT2D eigenvalue weighted by molar-refractivity contribution is 9.10. The van der Waals surface area contributed by atoms with Crippen LogP contribution in [0, 0.1) is 10.1 Å². The number of amides is 1. The number of nitrogens with one attached hydrogen (secondary N) is 1. The molecule has 0 heterocycles. The minimum absolute atomic E-state index is 0.0701. The van der Waals surface area contributed by atoms with Crippen LogP contribution in [0.2, 0.25) is 0 Å². The zero-order valence-corrected chi connectivity index (χ0v) is 15.0. The van der Waals surface area contributed by atoms with Crippen molar-refractivity contribution in [1.29, 1.82) is 0 Å². The minimum Gasteiger partial charge on any atom is -0.345 e. The summed E-state index contributed by atoms with van der Waals surface area (Å²) in [5.74, 6) is -0.462. The predicted octanol–water partition coefficient (Wildman–Crippen LogP) is 4.57. The average molecular weight is 395 g/mol. The highest BCUT2D eigenvalue weighted by Gasteiger charge is 2.22. The summed E-state index contributed by atoms with van der Waals surface area (Å²) in [6.07, 6.45) is 1.85. The van der Waals surface area contributed by atoms with Crippen molar-refractivity contribution < 1.29 is 9.72 Å². The number of nitro benzene ring substituents is 1. The molecule has 0 aliphatic rings. The van der Waals surface area contributed by atoms with Crippen molar-refractivity contribution in [2.24, 2.45) is 0 Å². The number of hydrogen-bond acceptors (Lipinski definition) is 4. The zero-order valence-electron chi connectivity index (χ0n) is 12.6. The van der Waals surface area contributed by atoms with Gasteiger partial charge >= 0.3 is 0 Å². The molecule has 2 aromatic carbocycles. The van der Waals surface area contributed by atoms with Gasteiger partial charge in [-0.3, -0.25) is 14.9 Å². The van der Waals surface area contributed by atoms with Gasteiger partial charge in [0, 0.05) is 15.4 Å². The van der Waals surface area contributed by atoms with Gasteiger partial charge in [0.05, 0.1) is 11.0 Å². The van der Waals surface area contributed by atoms with Gasteiger partial charge in [-0.1, -0.05) is 34.1 Å². The topological polar surface area (TPSA) is 72.2 Å². The lowest BCUT2D eigenvalue weighted by atomic mass is 10.1. The third-order valence-electron chi connectivity index (χ3n) is 3.36. The van der Waals surface area contributed by atoms with Gasteiger partial charge in [-0.15, -0.1) is 11.8 Å². The highest BCUT2D eigenvalue weighted by atomic mass is 79.9. The van der Waals surface area contributed by atoms with Crippen LogP contribution in [-0.2, 0) is 0 Å². The molecule has 120 valence electrons. The number of nitrogens with zero attached hydrogens (tertiary/aromatic N) is 1. The molecule has 0 unspecified atom stereocenters. The Bertz CT molecular complexity index is 752. The van der Waals surface area contributed by atoms with Crippen LogP contribution >= 0.6 is 27.7 Å². The molecular formula is C16H15BrN2O3S. The second-order valence-electron chi connectivity index (χ2n) is 4.86. The van der Waals surface area contributed by atoms with E-state index in [1.807, 2.05) is 37.4 Å². The fourth-order valence-electron chi connectivity index (χ4n) is 2.16. The third-order valence-corrected chi connectivity index (χ3v) is 4.81. The second kappa shape index (κ2) is 7.61. The fourth-order valence-corrected chi connectivity index (χ4v) is 3.23. The molecule has 5 nitrogen and oxygen atoms in total. The lowest BCUT2D eigenvalue weighted by Gasteiger charge is -2.16. The van der Waals surface area contributed by atoms with E-state index in [2.05, 4.69) is 21.2 Å². The standard InChI is InChI=1S/C16H15BrN2O3S/c1-10(12-5-3-4-6-14(12)17)18-16(20)13-9-11(23-2)7-8-15(13)19(21)22/h3-10H,1-2H3,(H,18,20)/t10-/m1/s1. The van der Waals surface area contributed by atoms with Crippen LogP contribution in [-0.4, -0.2) is 17.1 Å². The average Bonchev–Trinajstić information content (AvgIpc) is 2.54. The van der Waals surface area contributed by atoms with Crippen LogP contribution in [0.3, 0.4) is 0 Å². The molecule has 0 saturated carbocycles. The summed E-state index contributed by atoms with van der Waals surface area (Å²) in [7, 11) is 0. The fraction of sp³-hybridized carbons (Fsp3) is 0.188. The zero-order chi connectivity index (χ0) is 17.0. The summed E-state index contributed by atoms with van der Waals surface area (Å²) in [6, 6.07) is 11.8. The smallest absolute Gasteiger partial charge is 0.282 e. The third kappa shape index (κ3) is 4.11. The van der Waals surface area contributed by atoms with Crippen LogP contribution in [0.25, 0.3) is 0 Å². The molecule has 0 radical (unpaired) electrons. The van der Waals surface area contributed by atoms with Crippen molar-refractivity contribution >= 4 is 39.3 Å². The quantitative estimate of drug-likeness (QED) is 0.457. The van der Waals surface area contributed by atoms with E-state index in [0.29, 0.717) is 0 Å². The molecule has 0 fully saturated rings. The Morgan fingerprint density at radius 3 is 2.61 bits per heavy atom. The Labute approximate surface area is 146 Å². The molecule has 0 aliphatic heterocycles. The number of nitro groups is 1. The van der Waals surface area contributed by atoms with Crippen LogP contribution in [0.15, 0.2) is 51.8 Å². The van der Waals surface area contributed by atoms with Crippen LogP contribution < -0.4 is 5.32 Å². The Kier molecular flexibility index (Phi) is 5.79. The van der Waals surface area contributed by atoms with Crippen molar-refractivity contribution in [1.82, 2.24) is 5.32 Å². The van der Waals surface area contributed by atoms with Crippen molar-refractivity contribution in [3.63, 3.8) is 0 Å². The number of carbonyl (C=O) groups excluding carboxylic acids is 1. The predicted molar refractivity (Wildman–Crippen MR) is 94.9 cm³/mol. The van der Waals surface area contributed by atoms with E-state index >= 15 is 0 Å². The molecule has 2 aromatic rings. The first-order chi connectivity index (χ1) is 10.9. The lowest BCUT2D eigenvalue weighted by Crippen LogP contribution is -2.27. The van der Waals surface area contributed by atoms with Crippen molar-refractivity contribution in [3.05, 3.63) is 68.2 Å². The molecule has 23 heavy (non-hydrogen) atoms. The molecule has 2 rings (SSSR count). The first-order valence-electron chi connectivity index (χ1n) is 6.81. The number of benzene rings is 2. The molecule has 0 saturated heterocycles. The maximum atomic E-state index is 12.5. The van der Waals surface area contributed by atoms with Gasteiger partial charge < -0.3 is 5.32 Å². The van der Waals surface area contributed by atoms with Crippen LogP contribution in [0.4, 0.5) is 5.69 Å². The molecule has 0 aromatic heterocycles. The number of halogens is 1. The second-order valence-corrected chi connectivity index (χ2v) is 6.59. The Morgan fingerprint density at radius 2 is 2.00 bits per heavy atom. The minimum atomic E-state index is -0.540. The summed E-state index contributed by atoms with van der Waals surface area (Å²) >= 11 is 4.87. The van der Waals surface area contributed by atoms with Gasteiger partial charge in [0.1, 0.15) is 5.56 Å². The van der Waals surface area contributed by atoms with E-state index in [1.165, 1.54) is 17.8 Å². The molecule has 1 N–H and O–H groups in total. The number of carbonyl (C=O) groups is 1. The molecule has 0 aliphatic carbocycles. The summed E-state index contributed by atoms with van der Waals surface area (Å²) in [5, 5.41) is 14.0. The summed E-state index contributed by atoms with van der Waals surface area (Å²) in [5.41, 5.74) is 0.782. The van der Waals surface area contributed by atoms with E-state index in [9.17, 15) is 14.9 Å². The van der Waals surface area contributed by atoms with E-state index in [-0.39, 0.29) is 17.3 Å². The summed E-state index contributed by atoms with van der Waals surface area (Å²) < 4.78 is 0.875. The summed E-state index contributed by atoms with van der Waals surface area (Å²) in [4.78, 5) is 23.9. The molecule has 1 amide bonds. The Hall–Kier alpha value is -1.86. The molecular weight excluding hydrogens is 380 g/mol. The van der Waals surface area contributed by atoms with Gasteiger partial charge in [-0.2, -0.15) is 0 Å². The van der Waals surface area contributed by atoms with E-state index in [0.717, 1.165) is 14.9 Å². The van der Waals surface area contributed by atoms with Gasteiger partial charge in [0.2, 0.25) is 0 Å². The van der Waals surface area contributed by atoms with Gasteiger partial charge in [-0.25, -0.2) is 0 Å². The number of thioether (sulfide) groups is 1. The maximum absolute atomic E-state index is 12.5. The molecule has 0 bridgehead atoms. The first kappa shape index (κ1) is 17.5. The largest absolute Gasteiger partial charge is 0.345 e. The molecule has 1 atom stereocenters.